The third kappa shape index (κ3) is 4.29. The van der Waals surface area contributed by atoms with Gasteiger partial charge in [0.05, 0.1) is 0 Å². The lowest BCUT2D eigenvalue weighted by Gasteiger charge is -2.19. The minimum atomic E-state index is 0.206. The highest BCUT2D eigenvalue weighted by molar-refractivity contribution is 6.30. The highest BCUT2D eigenvalue weighted by atomic mass is 35.5. The second kappa shape index (κ2) is 7.71. The van der Waals surface area contributed by atoms with E-state index in [9.17, 15) is 0 Å². The van der Waals surface area contributed by atoms with Gasteiger partial charge in [-0.2, -0.15) is 5.10 Å². The molecule has 128 valence electrons. The van der Waals surface area contributed by atoms with Crippen molar-refractivity contribution in [2.24, 2.45) is 4.99 Å². The van der Waals surface area contributed by atoms with E-state index >= 15 is 0 Å². The number of aromatic nitrogens is 2. The molecule has 0 radical (unpaired) electrons. The third-order valence-electron chi connectivity index (χ3n) is 4.52. The van der Waals surface area contributed by atoms with E-state index in [1.165, 1.54) is 18.4 Å². The van der Waals surface area contributed by atoms with E-state index in [1.54, 1.807) is 6.20 Å². The normalized spacial score (nSPS) is 16.0. The standard InChI is InChI=1S/C18H24ClN5/c1-20-17(21-9-3-11-24-12-4-10-23-24)22-14-18(7-8-18)15-5-2-6-16(19)13-15/h2,4-6,10,12-13H,3,7-9,11,14H2,1H3,(H2,20,21,22). The zero-order valence-corrected chi connectivity index (χ0v) is 14.8. The summed E-state index contributed by atoms with van der Waals surface area (Å²) in [6, 6.07) is 10.1. The maximum absolute atomic E-state index is 6.13. The van der Waals surface area contributed by atoms with Gasteiger partial charge in [0.1, 0.15) is 0 Å². The van der Waals surface area contributed by atoms with Gasteiger partial charge in [0, 0.05) is 49.5 Å². The van der Waals surface area contributed by atoms with Gasteiger partial charge in [-0.05, 0) is 43.0 Å². The number of nitrogens with one attached hydrogen (secondary N) is 2. The summed E-state index contributed by atoms with van der Waals surface area (Å²) in [5, 5.41) is 11.8. The molecule has 0 bridgehead atoms. The van der Waals surface area contributed by atoms with Gasteiger partial charge in [-0.3, -0.25) is 9.67 Å². The maximum atomic E-state index is 6.13. The first kappa shape index (κ1) is 16.8. The van der Waals surface area contributed by atoms with Crippen LogP contribution < -0.4 is 10.6 Å². The fourth-order valence-corrected chi connectivity index (χ4v) is 3.08. The summed E-state index contributed by atoms with van der Waals surface area (Å²) in [6.07, 6.45) is 7.17. The molecule has 1 saturated carbocycles. The molecule has 24 heavy (non-hydrogen) atoms. The average molecular weight is 346 g/mol. The van der Waals surface area contributed by atoms with Gasteiger partial charge in [-0.1, -0.05) is 23.7 Å². The molecule has 1 aromatic heterocycles. The van der Waals surface area contributed by atoms with Crippen LogP contribution in [-0.2, 0) is 12.0 Å². The van der Waals surface area contributed by atoms with Crippen LogP contribution in [0, 0.1) is 0 Å². The van der Waals surface area contributed by atoms with Crippen LogP contribution >= 0.6 is 11.6 Å². The number of benzene rings is 1. The van der Waals surface area contributed by atoms with Crippen molar-refractivity contribution in [1.29, 1.82) is 0 Å². The SMILES string of the molecule is CN=C(NCCCn1cccn1)NCC1(c2cccc(Cl)c2)CC1. The van der Waals surface area contributed by atoms with Crippen molar-refractivity contribution >= 4 is 17.6 Å². The Bertz CT molecular complexity index is 676. The Labute approximate surface area is 148 Å². The van der Waals surface area contributed by atoms with Crippen molar-refractivity contribution in [3.8, 4) is 0 Å². The molecule has 1 aromatic carbocycles. The molecule has 6 heteroatoms. The molecule has 0 spiro atoms. The van der Waals surface area contributed by atoms with E-state index in [2.05, 4.69) is 32.9 Å². The lowest BCUT2D eigenvalue weighted by atomic mass is 9.96. The third-order valence-corrected chi connectivity index (χ3v) is 4.76. The minimum absolute atomic E-state index is 0.206. The number of hydrogen-bond acceptors (Lipinski definition) is 2. The summed E-state index contributed by atoms with van der Waals surface area (Å²) in [5.74, 6) is 0.851. The molecule has 1 aliphatic rings. The number of halogens is 1. The first-order valence-corrected chi connectivity index (χ1v) is 8.78. The van der Waals surface area contributed by atoms with Crippen molar-refractivity contribution in [3.05, 3.63) is 53.3 Å². The van der Waals surface area contributed by atoms with Gasteiger partial charge >= 0.3 is 0 Å². The highest BCUT2D eigenvalue weighted by Crippen LogP contribution is 2.48. The minimum Gasteiger partial charge on any atom is -0.356 e. The number of aryl methyl sites for hydroxylation is 1. The predicted octanol–water partition coefficient (Wildman–Crippen LogP) is 2.82. The molecule has 0 saturated heterocycles. The van der Waals surface area contributed by atoms with Crippen molar-refractivity contribution in [2.45, 2.75) is 31.2 Å². The Balaban J connectivity index is 1.44. The molecule has 1 aliphatic carbocycles. The van der Waals surface area contributed by atoms with Crippen LogP contribution in [0.5, 0.6) is 0 Å². The smallest absolute Gasteiger partial charge is 0.191 e. The van der Waals surface area contributed by atoms with Gasteiger partial charge in [0.25, 0.3) is 0 Å². The summed E-state index contributed by atoms with van der Waals surface area (Å²) < 4.78 is 1.94. The van der Waals surface area contributed by atoms with E-state index in [0.29, 0.717) is 0 Å². The van der Waals surface area contributed by atoms with Crippen molar-refractivity contribution < 1.29 is 0 Å². The fraction of sp³-hybridized carbons (Fsp3) is 0.444. The molecule has 2 N–H and O–H groups in total. The summed E-state index contributed by atoms with van der Waals surface area (Å²) in [7, 11) is 1.81. The maximum Gasteiger partial charge on any atom is 0.191 e. The Morgan fingerprint density at radius 2 is 2.21 bits per heavy atom. The fourth-order valence-electron chi connectivity index (χ4n) is 2.89. The Morgan fingerprint density at radius 3 is 2.88 bits per heavy atom. The van der Waals surface area contributed by atoms with Gasteiger partial charge in [-0.15, -0.1) is 0 Å². The lowest BCUT2D eigenvalue weighted by Crippen LogP contribution is -2.41. The van der Waals surface area contributed by atoms with Crippen LogP contribution in [0.1, 0.15) is 24.8 Å². The summed E-state index contributed by atoms with van der Waals surface area (Å²) in [4.78, 5) is 4.31. The molecule has 0 atom stereocenters. The molecule has 0 aliphatic heterocycles. The Kier molecular flexibility index (Phi) is 5.41. The predicted molar refractivity (Wildman–Crippen MR) is 98.6 cm³/mol. The summed E-state index contributed by atoms with van der Waals surface area (Å²) in [6.45, 7) is 2.65. The molecule has 0 amide bonds. The molecule has 1 fully saturated rings. The number of rotatable bonds is 7. The number of hydrogen-bond donors (Lipinski definition) is 2. The molecular weight excluding hydrogens is 322 g/mol. The van der Waals surface area contributed by atoms with Crippen molar-refractivity contribution in [1.82, 2.24) is 20.4 Å². The topological polar surface area (TPSA) is 54.2 Å². The molecule has 3 rings (SSSR count). The molecule has 2 aromatic rings. The molecule has 0 unspecified atom stereocenters. The first-order chi connectivity index (χ1) is 11.7. The second-order valence-electron chi connectivity index (χ2n) is 6.27. The largest absolute Gasteiger partial charge is 0.356 e. The Morgan fingerprint density at radius 1 is 1.33 bits per heavy atom. The van der Waals surface area contributed by atoms with E-state index in [0.717, 1.165) is 37.0 Å². The van der Waals surface area contributed by atoms with Crippen LogP contribution in [0.4, 0.5) is 0 Å². The van der Waals surface area contributed by atoms with Gasteiger partial charge in [0.15, 0.2) is 5.96 Å². The van der Waals surface area contributed by atoms with E-state index in [4.69, 9.17) is 11.6 Å². The Hall–Kier alpha value is -2.01. The molecule has 1 heterocycles. The second-order valence-corrected chi connectivity index (χ2v) is 6.70. The van der Waals surface area contributed by atoms with Crippen LogP contribution in [0.2, 0.25) is 5.02 Å². The highest BCUT2D eigenvalue weighted by Gasteiger charge is 2.44. The van der Waals surface area contributed by atoms with Gasteiger partial charge in [-0.25, -0.2) is 0 Å². The number of aliphatic imine (C=N–C) groups is 1. The van der Waals surface area contributed by atoms with Crippen molar-refractivity contribution in [3.63, 3.8) is 0 Å². The molecular formula is C18H24ClN5. The van der Waals surface area contributed by atoms with E-state index in [1.807, 2.05) is 36.1 Å². The van der Waals surface area contributed by atoms with Gasteiger partial charge < -0.3 is 10.6 Å². The van der Waals surface area contributed by atoms with Crippen LogP contribution in [-0.4, -0.2) is 35.9 Å². The molecule has 5 nitrogen and oxygen atoms in total. The summed E-state index contributed by atoms with van der Waals surface area (Å²) >= 11 is 6.13. The van der Waals surface area contributed by atoms with Crippen LogP contribution in [0.25, 0.3) is 0 Å². The van der Waals surface area contributed by atoms with Crippen LogP contribution in [0.15, 0.2) is 47.7 Å². The zero-order valence-electron chi connectivity index (χ0n) is 14.0. The van der Waals surface area contributed by atoms with Crippen LogP contribution in [0.3, 0.4) is 0 Å². The quantitative estimate of drug-likeness (QED) is 0.461. The number of nitrogens with zero attached hydrogens (tertiary/aromatic N) is 3. The summed E-state index contributed by atoms with van der Waals surface area (Å²) in [5.41, 5.74) is 1.52. The van der Waals surface area contributed by atoms with Gasteiger partial charge in [0.2, 0.25) is 0 Å². The average Bonchev–Trinajstić information content (AvgIpc) is 3.21. The first-order valence-electron chi connectivity index (χ1n) is 8.40. The van der Waals surface area contributed by atoms with E-state index in [-0.39, 0.29) is 5.41 Å². The monoisotopic (exact) mass is 345 g/mol. The number of guanidine groups is 1. The zero-order chi connectivity index (χ0) is 16.8. The van der Waals surface area contributed by atoms with Crippen molar-refractivity contribution in [2.75, 3.05) is 20.1 Å². The van der Waals surface area contributed by atoms with E-state index < -0.39 is 0 Å². The lowest BCUT2D eigenvalue weighted by molar-refractivity contribution is 0.567.